The summed E-state index contributed by atoms with van der Waals surface area (Å²) in [6.07, 6.45) is 3.09. The van der Waals surface area contributed by atoms with Crippen molar-refractivity contribution in [1.82, 2.24) is 14.6 Å². The minimum atomic E-state index is -0.271. The number of benzene rings is 2. The van der Waals surface area contributed by atoms with Crippen LogP contribution in [0.3, 0.4) is 0 Å². The van der Waals surface area contributed by atoms with Gasteiger partial charge in [0.1, 0.15) is 6.33 Å². The molecule has 0 spiro atoms. The Hall–Kier alpha value is -2.89. The van der Waals surface area contributed by atoms with Crippen molar-refractivity contribution in [2.75, 3.05) is 12.1 Å². The molecule has 0 saturated carbocycles. The van der Waals surface area contributed by atoms with Gasteiger partial charge in [0.15, 0.2) is 5.65 Å². The van der Waals surface area contributed by atoms with Crippen molar-refractivity contribution in [2.45, 2.75) is 6.92 Å². The molecule has 0 aliphatic heterocycles. The minimum absolute atomic E-state index is 0.271. The highest BCUT2D eigenvalue weighted by molar-refractivity contribution is 6.39. The van der Waals surface area contributed by atoms with Gasteiger partial charge in [0, 0.05) is 24.2 Å². The van der Waals surface area contributed by atoms with Crippen molar-refractivity contribution in [3.8, 4) is 11.1 Å². The van der Waals surface area contributed by atoms with Crippen LogP contribution in [0.25, 0.3) is 22.2 Å². The number of aryl methyl sites for hydroxylation is 1. The molecule has 0 aliphatic carbocycles. The Morgan fingerprint density at radius 2 is 1.75 bits per heavy atom. The van der Waals surface area contributed by atoms with Crippen LogP contribution in [0.1, 0.15) is 5.56 Å². The van der Waals surface area contributed by atoms with E-state index in [2.05, 4.69) is 9.97 Å². The van der Waals surface area contributed by atoms with E-state index in [1.807, 2.05) is 38.2 Å². The van der Waals surface area contributed by atoms with E-state index >= 15 is 0 Å². The molecule has 140 valence electrons. The summed E-state index contributed by atoms with van der Waals surface area (Å²) in [5.41, 5.74) is 3.02. The van der Waals surface area contributed by atoms with Crippen molar-refractivity contribution < 1.29 is 0 Å². The Balaban J connectivity index is 2.08. The summed E-state index contributed by atoms with van der Waals surface area (Å²) in [4.78, 5) is 22.0. The molecule has 0 bridgehead atoms. The number of hydrogen-bond acceptors (Lipinski definition) is 4. The Morgan fingerprint density at radius 1 is 1.04 bits per heavy atom. The number of halogens is 2. The molecule has 0 unspecified atom stereocenters. The van der Waals surface area contributed by atoms with Gasteiger partial charge in [-0.15, -0.1) is 0 Å². The molecular formula is C21H16Cl2N4O. The first kappa shape index (κ1) is 18.5. The first-order chi connectivity index (χ1) is 13.5. The average Bonchev–Trinajstić information content (AvgIpc) is 2.68. The van der Waals surface area contributed by atoms with Crippen molar-refractivity contribution in [1.29, 1.82) is 0 Å². The van der Waals surface area contributed by atoms with Crippen LogP contribution in [0.2, 0.25) is 10.0 Å². The van der Waals surface area contributed by atoms with Gasteiger partial charge in [0.05, 0.1) is 21.3 Å². The number of fused-ring (bicyclic) bond motifs is 1. The van der Waals surface area contributed by atoms with E-state index in [-0.39, 0.29) is 5.56 Å². The first-order valence-electron chi connectivity index (χ1n) is 8.59. The van der Waals surface area contributed by atoms with E-state index in [0.29, 0.717) is 32.2 Å². The SMILES string of the molecule is Cc1ccccc1N(C)n1c(=O)c(-c2c(Cl)cccc2Cl)cc2cncnc21. The van der Waals surface area contributed by atoms with E-state index < -0.39 is 0 Å². The Labute approximate surface area is 171 Å². The van der Waals surface area contributed by atoms with Gasteiger partial charge in [-0.3, -0.25) is 9.80 Å². The van der Waals surface area contributed by atoms with Crippen LogP contribution in [0.5, 0.6) is 0 Å². The normalized spacial score (nSPS) is 11.0. The van der Waals surface area contributed by atoms with Gasteiger partial charge in [-0.2, -0.15) is 4.68 Å². The molecule has 0 radical (unpaired) electrons. The summed E-state index contributed by atoms with van der Waals surface area (Å²) in [6, 6.07) is 14.7. The molecule has 0 aliphatic rings. The second-order valence-electron chi connectivity index (χ2n) is 6.38. The van der Waals surface area contributed by atoms with E-state index in [9.17, 15) is 4.79 Å². The maximum atomic E-state index is 13.6. The number of anilines is 1. The van der Waals surface area contributed by atoms with Crippen LogP contribution in [0, 0.1) is 6.92 Å². The van der Waals surface area contributed by atoms with Crippen LogP contribution in [-0.2, 0) is 0 Å². The number of rotatable bonds is 3. The lowest BCUT2D eigenvalue weighted by molar-refractivity contribution is 0.758. The number of para-hydroxylation sites is 1. The zero-order valence-corrected chi connectivity index (χ0v) is 16.7. The quantitative estimate of drug-likeness (QED) is 0.478. The first-order valence-corrected chi connectivity index (χ1v) is 9.34. The molecule has 2 aromatic heterocycles. The van der Waals surface area contributed by atoms with Gasteiger partial charge in [-0.1, -0.05) is 47.5 Å². The van der Waals surface area contributed by atoms with Gasteiger partial charge in [-0.25, -0.2) is 9.97 Å². The third-order valence-electron chi connectivity index (χ3n) is 4.64. The zero-order chi connectivity index (χ0) is 19.8. The Kier molecular flexibility index (Phi) is 4.79. The number of aromatic nitrogens is 3. The maximum absolute atomic E-state index is 13.6. The third-order valence-corrected chi connectivity index (χ3v) is 5.27. The van der Waals surface area contributed by atoms with Gasteiger partial charge < -0.3 is 0 Å². The van der Waals surface area contributed by atoms with E-state index in [1.54, 1.807) is 35.5 Å². The molecule has 0 N–H and O–H groups in total. The molecule has 7 heteroatoms. The zero-order valence-electron chi connectivity index (χ0n) is 15.2. The number of hydrogen-bond donors (Lipinski definition) is 0. The van der Waals surface area contributed by atoms with Crippen LogP contribution in [0.15, 0.2) is 65.8 Å². The van der Waals surface area contributed by atoms with Crippen LogP contribution in [-0.4, -0.2) is 21.7 Å². The van der Waals surface area contributed by atoms with Gasteiger partial charge in [-0.05, 0) is 36.8 Å². The molecular weight excluding hydrogens is 395 g/mol. The van der Waals surface area contributed by atoms with Gasteiger partial charge >= 0.3 is 0 Å². The number of pyridine rings is 1. The lowest BCUT2D eigenvalue weighted by Crippen LogP contribution is -2.37. The fraction of sp³-hybridized carbons (Fsp3) is 0.0952. The summed E-state index contributed by atoms with van der Waals surface area (Å²) < 4.78 is 1.52. The molecule has 0 amide bonds. The van der Waals surface area contributed by atoms with Gasteiger partial charge in [0.25, 0.3) is 5.56 Å². The predicted molar refractivity (Wildman–Crippen MR) is 114 cm³/mol. The highest BCUT2D eigenvalue weighted by Crippen LogP contribution is 2.34. The molecule has 28 heavy (non-hydrogen) atoms. The van der Waals surface area contributed by atoms with Crippen molar-refractivity contribution in [3.05, 3.63) is 87.0 Å². The molecule has 0 saturated heterocycles. The molecule has 5 nitrogen and oxygen atoms in total. The lowest BCUT2D eigenvalue weighted by atomic mass is 10.1. The van der Waals surface area contributed by atoms with E-state index in [0.717, 1.165) is 11.3 Å². The fourth-order valence-corrected chi connectivity index (χ4v) is 3.89. The van der Waals surface area contributed by atoms with Crippen LogP contribution < -0.4 is 10.6 Å². The monoisotopic (exact) mass is 410 g/mol. The molecule has 4 aromatic rings. The molecule has 0 fully saturated rings. The average molecular weight is 411 g/mol. The summed E-state index contributed by atoms with van der Waals surface area (Å²) in [5.74, 6) is 0. The van der Waals surface area contributed by atoms with E-state index in [4.69, 9.17) is 23.2 Å². The molecule has 4 rings (SSSR count). The smallest absolute Gasteiger partial charge is 0.279 e. The summed E-state index contributed by atoms with van der Waals surface area (Å²) >= 11 is 12.8. The highest BCUT2D eigenvalue weighted by Gasteiger charge is 2.19. The minimum Gasteiger partial charge on any atom is -0.279 e. The van der Waals surface area contributed by atoms with Crippen molar-refractivity contribution >= 4 is 39.9 Å². The topological polar surface area (TPSA) is 51.0 Å². The summed E-state index contributed by atoms with van der Waals surface area (Å²) in [5, 5.41) is 3.30. The molecule has 0 atom stereocenters. The Bertz CT molecular complexity index is 1230. The number of nitrogens with zero attached hydrogens (tertiary/aromatic N) is 4. The third kappa shape index (κ3) is 3.03. The van der Waals surface area contributed by atoms with E-state index in [1.165, 1.54) is 11.0 Å². The lowest BCUT2D eigenvalue weighted by Gasteiger charge is -2.25. The van der Waals surface area contributed by atoms with Crippen molar-refractivity contribution in [3.63, 3.8) is 0 Å². The largest absolute Gasteiger partial charge is 0.279 e. The second kappa shape index (κ2) is 7.26. The van der Waals surface area contributed by atoms with Gasteiger partial charge in [0.2, 0.25) is 0 Å². The van der Waals surface area contributed by atoms with Crippen LogP contribution in [0.4, 0.5) is 5.69 Å². The highest BCUT2D eigenvalue weighted by atomic mass is 35.5. The standard InChI is InChI=1S/C21H16Cl2N4O/c1-13-6-3-4-9-18(13)26(2)27-20-14(11-24-12-25-20)10-15(21(27)28)19-16(22)7-5-8-17(19)23/h3-12H,1-2H3. The maximum Gasteiger partial charge on any atom is 0.279 e. The molecule has 2 aromatic carbocycles. The summed E-state index contributed by atoms with van der Waals surface area (Å²) in [7, 11) is 1.82. The fourth-order valence-electron chi connectivity index (χ4n) is 3.29. The second-order valence-corrected chi connectivity index (χ2v) is 7.20. The van der Waals surface area contributed by atoms with Crippen LogP contribution >= 0.6 is 23.2 Å². The summed E-state index contributed by atoms with van der Waals surface area (Å²) in [6.45, 7) is 1.99. The molecule has 2 heterocycles. The predicted octanol–water partition coefficient (Wildman–Crippen LogP) is 4.97. The van der Waals surface area contributed by atoms with Crippen molar-refractivity contribution in [2.24, 2.45) is 0 Å². The Morgan fingerprint density at radius 3 is 2.46 bits per heavy atom.